The van der Waals surface area contributed by atoms with Gasteiger partial charge in [-0.3, -0.25) is 9.78 Å². The topological polar surface area (TPSA) is 57.8 Å². The summed E-state index contributed by atoms with van der Waals surface area (Å²) in [4.78, 5) is 18.6. The number of aromatic nitrogens is 2. The summed E-state index contributed by atoms with van der Waals surface area (Å²) >= 11 is 5.92. The number of rotatable bonds is 2. The molecule has 0 saturated heterocycles. The van der Waals surface area contributed by atoms with Crippen molar-refractivity contribution >= 4 is 23.0 Å². The van der Waals surface area contributed by atoms with Crippen molar-refractivity contribution in [1.82, 2.24) is 9.97 Å². The first kappa shape index (κ1) is 12.2. The molecule has 0 radical (unpaired) electrons. The van der Waals surface area contributed by atoms with Crippen molar-refractivity contribution in [2.75, 3.05) is 5.32 Å². The SMILES string of the molecule is O=c1[nH]cc(Nc2cncc(Cl)c2)c2c1CCCC2. The van der Waals surface area contributed by atoms with E-state index in [1.165, 1.54) is 0 Å². The van der Waals surface area contributed by atoms with E-state index in [1.807, 2.05) is 6.07 Å². The maximum atomic E-state index is 11.8. The molecule has 0 saturated carbocycles. The molecule has 1 aliphatic carbocycles. The number of aromatic amines is 1. The molecule has 0 bridgehead atoms. The van der Waals surface area contributed by atoms with Crippen molar-refractivity contribution in [2.24, 2.45) is 0 Å². The Morgan fingerprint density at radius 2 is 2.00 bits per heavy atom. The summed E-state index contributed by atoms with van der Waals surface area (Å²) in [6, 6.07) is 1.81. The number of nitrogens with zero attached hydrogens (tertiary/aromatic N) is 1. The van der Waals surface area contributed by atoms with Gasteiger partial charge in [-0.1, -0.05) is 11.6 Å². The molecule has 2 aromatic rings. The third-order valence-electron chi connectivity index (χ3n) is 3.40. The van der Waals surface area contributed by atoms with Crippen LogP contribution in [0.2, 0.25) is 5.02 Å². The van der Waals surface area contributed by atoms with Crippen molar-refractivity contribution < 1.29 is 0 Å². The van der Waals surface area contributed by atoms with E-state index < -0.39 is 0 Å². The number of hydrogen-bond donors (Lipinski definition) is 2. The fraction of sp³-hybridized carbons (Fsp3) is 0.286. The predicted molar refractivity (Wildman–Crippen MR) is 76.2 cm³/mol. The molecule has 0 atom stereocenters. The highest BCUT2D eigenvalue weighted by molar-refractivity contribution is 6.30. The van der Waals surface area contributed by atoms with Gasteiger partial charge in [0, 0.05) is 18.0 Å². The van der Waals surface area contributed by atoms with Gasteiger partial charge in [-0.2, -0.15) is 0 Å². The third-order valence-corrected chi connectivity index (χ3v) is 3.61. The largest absolute Gasteiger partial charge is 0.353 e. The molecule has 5 heteroatoms. The van der Waals surface area contributed by atoms with Gasteiger partial charge in [0.25, 0.3) is 5.56 Å². The molecule has 2 N–H and O–H groups in total. The molecule has 0 unspecified atom stereocenters. The van der Waals surface area contributed by atoms with Crippen molar-refractivity contribution in [3.8, 4) is 0 Å². The highest BCUT2D eigenvalue weighted by Gasteiger charge is 2.16. The van der Waals surface area contributed by atoms with Gasteiger partial charge < -0.3 is 10.3 Å². The monoisotopic (exact) mass is 275 g/mol. The number of H-pyrrole nitrogens is 1. The second-order valence-electron chi connectivity index (χ2n) is 4.71. The Morgan fingerprint density at radius 1 is 1.21 bits per heavy atom. The minimum absolute atomic E-state index is 0.0319. The molecule has 0 amide bonds. The Balaban J connectivity index is 1.99. The number of anilines is 2. The maximum absolute atomic E-state index is 11.8. The van der Waals surface area contributed by atoms with Crippen LogP contribution >= 0.6 is 11.6 Å². The Kier molecular flexibility index (Phi) is 3.25. The number of fused-ring (bicyclic) bond motifs is 1. The van der Waals surface area contributed by atoms with Crippen LogP contribution in [-0.2, 0) is 12.8 Å². The van der Waals surface area contributed by atoms with Gasteiger partial charge in [-0.05, 0) is 37.3 Å². The number of hydrogen-bond acceptors (Lipinski definition) is 3. The van der Waals surface area contributed by atoms with Crippen LogP contribution in [0.3, 0.4) is 0 Å². The van der Waals surface area contributed by atoms with Crippen LogP contribution in [0.15, 0.2) is 29.5 Å². The molecule has 2 heterocycles. The lowest BCUT2D eigenvalue weighted by molar-refractivity contribution is 0.678. The van der Waals surface area contributed by atoms with Crippen LogP contribution in [0.4, 0.5) is 11.4 Å². The lowest BCUT2D eigenvalue weighted by Gasteiger charge is -2.19. The fourth-order valence-electron chi connectivity index (χ4n) is 2.51. The average molecular weight is 276 g/mol. The van der Waals surface area contributed by atoms with Gasteiger partial charge >= 0.3 is 0 Å². The lowest BCUT2D eigenvalue weighted by Crippen LogP contribution is -2.20. The molecule has 0 fully saturated rings. The van der Waals surface area contributed by atoms with Gasteiger partial charge in [0.2, 0.25) is 0 Å². The van der Waals surface area contributed by atoms with E-state index in [4.69, 9.17) is 11.6 Å². The first-order valence-corrected chi connectivity index (χ1v) is 6.73. The van der Waals surface area contributed by atoms with Crippen molar-refractivity contribution in [3.05, 3.63) is 51.2 Å². The molecule has 2 aromatic heterocycles. The van der Waals surface area contributed by atoms with Crippen molar-refractivity contribution in [3.63, 3.8) is 0 Å². The molecule has 3 rings (SSSR count). The highest BCUT2D eigenvalue weighted by Crippen LogP contribution is 2.27. The van der Waals surface area contributed by atoms with E-state index in [1.54, 1.807) is 18.6 Å². The highest BCUT2D eigenvalue weighted by atomic mass is 35.5. The second kappa shape index (κ2) is 5.05. The lowest BCUT2D eigenvalue weighted by atomic mass is 9.92. The second-order valence-corrected chi connectivity index (χ2v) is 5.15. The van der Waals surface area contributed by atoms with E-state index in [2.05, 4.69) is 15.3 Å². The first-order chi connectivity index (χ1) is 9.24. The summed E-state index contributed by atoms with van der Waals surface area (Å²) in [5.41, 5.74) is 3.83. The van der Waals surface area contributed by atoms with Crippen LogP contribution < -0.4 is 10.9 Å². The number of nitrogens with one attached hydrogen (secondary N) is 2. The molecule has 1 aliphatic rings. The van der Waals surface area contributed by atoms with Crippen LogP contribution in [0, 0.1) is 0 Å². The fourth-order valence-corrected chi connectivity index (χ4v) is 2.69. The van der Waals surface area contributed by atoms with E-state index in [0.717, 1.165) is 48.2 Å². The van der Waals surface area contributed by atoms with Gasteiger partial charge in [0.1, 0.15) is 0 Å². The maximum Gasteiger partial charge on any atom is 0.251 e. The molecule has 0 spiro atoms. The molecular formula is C14H14ClN3O. The summed E-state index contributed by atoms with van der Waals surface area (Å²) in [6.45, 7) is 0. The summed E-state index contributed by atoms with van der Waals surface area (Å²) in [6.07, 6.45) is 9.04. The Labute approximate surface area is 115 Å². The zero-order valence-electron chi connectivity index (χ0n) is 10.4. The van der Waals surface area contributed by atoms with E-state index in [9.17, 15) is 4.79 Å². The number of pyridine rings is 2. The van der Waals surface area contributed by atoms with E-state index in [0.29, 0.717) is 5.02 Å². The molecule has 98 valence electrons. The minimum atomic E-state index is 0.0319. The zero-order chi connectivity index (χ0) is 13.2. The van der Waals surface area contributed by atoms with Crippen LogP contribution in [0.1, 0.15) is 24.0 Å². The summed E-state index contributed by atoms with van der Waals surface area (Å²) in [7, 11) is 0. The third kappa shape index (κ3) is 2.49. The quantitative estimate of drug-likeness (QED) is 0.886. The van der Waals surface area contributed by atoms with Crippen molar-refractivity contribution in [2.45, 2.75) is 25.7 Å². The zero-order valence-corrected chi connectivity index (χ0v) is 11.1. The van der Waals surface area contributed by atoms with E-state index >= 15 is 0 Å². The molecule has 0 aromatic carbocycles. The van der Waals surface area contributed by atoms with Crippen LogP contribution in [0.5, 0.6) is 0 Å². The van der Waals surface area contributed by atoms with Crippen LogP contribution in [0.25, 0.3) is 0 Å². The van der Waals surface area contributed by atoms with E-state index in [-0.39, 0.29) is 5.56 Å². The minimum Gasteiger partial charge on any atom is -0.353 e. The number of halogens is 1. The summed E-state index contributed by atoms with van der Waals surface area (Å²) in [5, 5.41) is 3.87. The Morgan fingerprint density at radius 3 is 2.79 bits per heavy atom. The van der Waals surface area contributed by atoms with Crippen LogP contribution in [-0.4, -0.2) is 9.97 Å². The van der Waals surface area contributed by atoms with Crippen molar-refractivity contribution in [1.29, 1.82) is 0 Å². The summed E-state index contributed by atoms with van der Waals surface area (Å²) in [5.74, 6) is 0. The molecule has 19 heavy (non-hydrogen) atoms. The Hall–Kier alpha value is -1.81. The first-order valence-electron chi connectivity index (χ1n) is 6.35. The Bertz CT molecular complexity index is 666. The van der Waals surface area contributed by atoms with Gasteiger partial charge in [0.05, 0.1) is 22.6 Å². The average Bonchev–Trinajstić information content (AvgIpc) is 2.42. The molecular weight excluding hydrogens is 262 g/mol. The molecule has 4 nitrogen and oxygen atoms in total. The molecule has 0 aliphatic heterocycles. The van der Waals surface area contributed by atoms with Gasteiger partial charge in [-0.15, -0.1) is 0 Å². The smallest absolute Gasteiger partial charge is 0.251 e. The van der Waals surface area contributed by atoms with Gasteiger partial charge in [-0.25, -0.2) is 0 Å². The predicted octanol–water partition coefficient (Wildman–Crippen LogP) is 3.05. The normalized spacial score (nSPS) is 13.9. The summed E-state index contributed by atoms with van der Waals surface area (Å²) < 4.78 is 0. The van der Waals surface area contributed by atoms with Gasteiger partial charge in [0.15, 0.2) is 0 Å². The standard InChI is InChI=1S/C14H14ClN3O/c15-9-5-10(7-16-6-9)18-13-8-17-14(19)12-4-2-1-3-11(12)13/h5-8,18H,1-4H2,(H,17,19).